The van der Waals surface area contributed by atoms with Gasteiger partial charge in [-0.2, -0.15) is 0 Å². The molecule has 1 saturated heterocycles. The number of carbonyl (C=O) groups is 2. The third-order valence-corrected chi connectivity index (χ3v) is 4.19. The Balaban J connectivity index is 2.00. The quantitative estimate of drug-likeness (QED) is 0.837. The van der Waals surface area contributed by atoms with Gasteiger partial charge in [0.15, 0.2) is 0 Å². The molecule has 1 aromatic rings. The fourth-order valence-corrected chi connectivity index (χ4v) is 3.14. The number of carbonyl (C=O) groups excluding carboxylic acids is 2. The van der Waals surface area contributed by atoms with Gasteiger partial charge in [-0.1, -0.05) is 12.1 Å². The molecular weight excluding hydrogens is 284 g/mol. The number of methoxy groups -OCH3 is 1. The summed E-state index contributed by atoms with van der Waals surface area (Å²) >= 11 is 0. The minimum atomic E-state index is -0.451. The summed E-state index contributed by atoms with van der Waals surface area (Å²) in [6.45, 7) is 2.81. The molecule has 0 aromatic heterocycles. The number of fused-ring (bicyclic) bond motifs is 3. The molecule has 0 aliphatic carbocycles. The predicted octanol–water partition coefficient (Wildman–Crippen LogP) is 1.05. The van der Waals surface area contributed by atoms with Gasteiger partial charge in [-0.25, -0.2) is 0 Å². The molecule has 2 aliphatic rings. The van der Waals surface area contributed by atoms with E-state index in [1.54, 1.807) is 16.9 Å². The number of hydrogen-bond donors (Lipinski definition) is 0. The Hall–Kier alpha value is -2.08. The molecule has 0 unspecified atom stereocenters. The van der Waals surface area contributed by atoms with Crippen LogP contribution in [0.25, 0.3) is 0 Å². The van der Waals surface area contributed by atoms with Crippen molar-refractivity contribution in [3.05, 3.63) is 24.3 Å². The third-order valence-electron chi connectivity index (χ3n) is 4.19. The van der Waals surface area contributed by atoms with E-state index in [2.05, 4.69) is 0 Å². The van der Waals surface area contributed by atoms with Gasteiger partial charge in [-0.05, 0) is 12.1 Å². The number of likely N-dealkylation sites (tertiary alicyclic amines) is 1. The van der Waals surface area contributed by atoms with Gasteiger partial charge in [-0.15, -0.1) is 0 Å². The second-order valence-corrected chi connectivity index (χ2v) is 5.61. The van der Waals surface area contributed by atoms with E-state index >= 15 is 0 Å². The number of para-hydroxylation sites is 2. The van der Waals surface area contributed by atoms with Crippen molar-refractivity contribution in [3.8, 4) is 5.75 Å². The van der Waals surface area contributed by atoms with Crippen molar-refractivity contribution >= 4 is 17.5 Å². The van der Waals surface area contributed by atoms with Crippen LogP contribution < -0.4 is 9.64 Å². The van der Waals surface area contributed by atoms with E-state index in [1.165, 1.54) is 6.92 Å². The molecule has 6 nitrogen and oxygen atoms in total. The van der Waals surface area contributed by atoms with Crippen molar-refractivity contribution in [2.75, 3.05) is 31.7 Å². The summed E-state index contributed by atoms with van der Waals surface area (Å²) in [5.41, 5.74) is 0.740. The Kier molecular flexibility index (Phi) is 4.02. The second kappa shape index (κ2) is 5.96. The Labute approximate surface area is 129 Å². The highest BCUT2D eigenvalue weighted by atomic mass is 16.5. The number of rotatable bonds is 3. The molecule has 0 N–H and O–H groups in total. The minimum Gasteiger partial charge on any atom is -0.486 e. The maximum atomic E-state index is 13.0. The Bertz CT molecular complexity index is 589. The molecule has 22 heavy (non-hydrogen) atoms. The van der Waals surface area contributed by atoms with E-state index in [1.807, 2.05) is 24.3 Å². The van der Waals surface area contributed by atoms with Crippen LogP contribution in [-0.2, 0) is 14.3 Å². The van der Waals surface area contributed by atoms with Crippen LogP contribution in [0.15, 0.2) is 24.3 Å². The standard InChI is InChI=1S/C16H20N2O4/c1-11(19)18-10-12-9-14(18)16(20)17(7-8-21-2)13-5-3-4-6-15(13)22-12/h3-6,12,14H,7-10H2,1-2H3/t12-,14-/m0/s1. The van der Waals surface area contributed by atoms with Crippen LogP contribution in [0.2, 0.25) is 0 Å². The molecule has 2 aliphatic heterocycles. The number of ether oxygens (including phenoxy) is 2. The number of benzene rings is 1. The van der Waals surface area contributed by atoms with Crippen LogP contribution >= 0.6 is 0 Å². The average molecular weight is 304 g/mol. The van der Waals surface area contributed by atoms with E-state index < -0.39 is 6.04 Å². The molecule has 3 rings (SSSR count). The summed E-state index contributed by atoms with van der Waals surface area (Å²) in [4.78, 5) is 28.1. The molecule has 1 fully saturated rings. The Morgan fingerprint density at radius 2 is 2.18 bits per heavy atom. The highest BCUT2D eigenvalue weighted by molar-refractivity contribution is 6.00. The molecule has 118 valence electrons. The van der Waals surface area contributed by atoms with Crippen molar-refractivity contribution < 1.29 is 19.1 Å². The topological polar surface area (TPSA) is 59.1 Å². The van der Waals surface area contributed by atoms with Gasteiger partial charge in [0.2, 0.25) is 11.8 Å². The molecule has 0 saturated carbocycles. The zero-order chi connectivity index (χ0) is 15.7. The van der Waals surface area contributed by atoms with Crippen molar-refractivity contribution in [2.45, 2.75) is 25.5 Å². The number of nitrogens with zero attached hydrogens (tertiary/aromatic N) is 2. The van der Waals surface area contributed by atoms with Crippen molar-refractivity contribution in [1.82, 2.24) is 4.90 Å². The minimum absolute atomic E-state index is 0.0644. The zero-order valence-corrected chi connectivity index (χ0v) is 12.8. The summed E-state index contributed by atoms with van der Waals surface area (Å²) in [6, 6.07) is 7.04. The smallest absolute Gasteiger partial charge is 0.250 e. The second-order valence-electron chi connectivity index (χ2n) is 5.61. The summed E-state index contributed by atoms with van der Waals surface area (Å²) in [7, 11) is 1.60. The molecule has 2 amide bonds. The molecule has 1 aromatic carbocycles. The first-order valence-corrected chi connectivity index (χ1v) is 7.45. The molecule has 0 spiro atoms. The lowest BCUT2D eigenvalue weighted by molar-refractivity contribution is -0.135. The van der Waals surface area contributed by atoms with Crippen LogP contribution in [-0.4, -0.2) is 55.7 Å². The molecule has 0 radical (unpaired) electrons. The summed E-state index contributed by atoms with van der Waals surface area (Å²) in [5, 5.41) is 0. The van der Waals surface area contributed by atoms with Crippen molar-refractivity contribution in [2.24, 2.45) is 0 Å². The first-order chi connectivity index (χ1) is 10.6. The van der Waals surface area contributed by atoms with Crippen LogP contribution in [0.5, 0.6) is 5.75 Å². The van der Waals surface area contributed by atoms with Gasteiger partial charge in [0.1, 0.15) is 17.9 Å². The lowest BCUT2D eigenvalue weighted by Gasteiger charge is -2.31. The fraction of sp³-hybridized carbons (Fsp3) is 0.500. The number of anilines is 1. The van der Waals surface area contributed by atoms with Gasteiger partial charge in [0, 0.05) is 27.0 Å². The summed E-state index contributed by atoms with van der Waals surface area (Å²) < 4.78 is 11.2. The number of amides is 2. The van der Waals surface area contributed by atoms with Gasteiger partial charge in [-0.3, -0.25) is 9.59 Å². The molecule has 2 bridgehead atoms. The highest BCUT2D eigenvalue weighted by Gasteiger charge is 2.43. The zero-order valence-electron chi connectivity index (χ0n) is 12.8. The molecule has 2 atom stereocenters. The fourth-order valence-electron chi connectivity index (χ4n) is 3.14. The van der Waals surface area contributed by atoms with Crippen LogP contribution in [0, 0.1) is 0 Å². The van der Waals surface area contributed by atoms with Gasteiger partial charge >= 0.3 is 0 Å². The maximum absolute atomic E-state index is 13.0. The third kappa shape index (κ3) is 2.54. The first kappa shape index (κ1) is 14.8. The van der Waals surface area contributed by atoms with Crippen molar-refractivity contribution in [3.63, 3.8) is 0 Å². The van der Waals surface area contributed by atoms with Crippen LogP contribution in [0.3, 0.4) is 0 Å². The van der Waals surface area contributed by atoms with E-state index in [-0.39, 0.29) is 17.9 Å². The van der Waals surface area contributed by atoms with Gasteiger partial charge in [0.05, 0.1) is 18.8 Å². The van der Waals surface area contributed by atoms with E-state index in [0.717, 1.165) is 5.69 Å². The normalized spacial score (nSPS) is 23.6. The largest absolute Gasteiger partial charge is 0.486 e. The van der Waals surface area contributed by atoms with Gasteiger partial charge in [0.25, 0.3) is 0 Å². The number of hydrogen-bond acceptors (Lipinski definition) is 4. The van der Waals surface area contributed by atoms with Crippen LogP contribution in [0.4, 0.5) is 5.69 Å². The maximum Gasteiger partial charge on any atom is 0.250 e. The average Bonchev–Trinajstić information content (AvgIpc) is 2.93. The molecule has 6 heteroatoms. The summed E-state index contributed by atoms with van der Waals surface area (Å²) in [5.74, 6) is 0.522. The van der Waals surface area contributed by atoms with E-state index in [4.69, 9.17) is 9.47 Å². The SMILES string of the molecule is COCCN1C(=O)[C@@H]2C[C@@H](CN2C(C)=O)Oc2ccccc21. The Morgan fingerprint density at radius 1 is 1.41 bits per heavy atom. The molecule has 2 heterocycles. The lowest BCUT2D eigenvalue weighted by Crippen LogP contribution is -2.48. The Morgan fingerprint density at radius 3 is 2.91 bits per heavy atom. The lowest BCUT2D eigenvalue weighted by atomic mass is 10.1. The first-order valence-electron chi connectivity index (χ1n) is 7.45. The molecular formula is C16H20N2O4. The van der Waals surface area contributed by atoms with Gasteiger partial charge < -0.3 is 19.3 Å². The highest BCUT2D eigenvalue weighted by Crippen LogP contribution is 2.35. The summed E-state index contributed by atoms with van der Waals surface area (Å²) in [6.07, 6.45) is 0.402. The van der Waals surface area contributed by atoms with E-state index in [0.29, 0.717) is 31.9 Å². The van der Waals surface area contributed by atoms with E-state index in [9.17, 15) is 9.59 Å². The predicted molar refractivity (Wildman–Crippen MR) is 80.9 cm³/mol. The monoisotopic (exact) mass is 304 g/mol. The van der Waals surface area contributed by atoms with Crippen LogP contribution in [0.1, 0.15) is 13.3 Å². The van der Waals surface area contributed by atoms with Crippen molar-refractivity contribution in [1.29, 1.82) is 0 Å².